The smallest absolute Gasteiger partial charge is 0.323 e. The first-order valence-corrected chi connectivity index (χ1v) is 6.70. The lowest BCUT2D eigenvalue weighted by Crippen LogP contribution is -2.41. The number of para-hydroxylation sites is 1. The van der Waals surface area contributed by atoms with Gasteiger partial charge in [0.25, 0.3) is 0 Å². The van der Waals surface area contributed by atoms with Gasteiger partial charge in [-0.25, -0.2) is 0 Å². The Balaban J connectivity index is 2.12. The van der Waals surface area contributed by atoms with Crippen LogP contribution in [0.4, 0.5) is 5.69 Å². The van der Waals surface area contributed by atoms with E-state index in [4.69, 9.17) is 5.11 Å². The minimum atomic E-state index is -0.752. The summed E-state index contributed by atoms with van der Waals surface area (Å²) in [7, 11) is 0. The molecule has 1 aliphatic rings. The van der Waals surface area contributed by atoms with Gasteiger partial charge in [-0.3, -0.25) is 4.79 Å². The van der Waals surface area contributed by atoms with Gasteiger partial charge in [0.05, 0.1) is 0 Å². The summed E-state index contributed by atoms with van der Waals surface area (Å²) in [4.78, 5) is 13.1. The average molecular weight is 247 g/mol. The summed E-state index contributed by atoms with van der Waals surface area (Å²) in [5.74, 6) is 0.0289. The maximum absolute atomic E-state index is 11.0. The first-order chi connectivity index (χ1) is 8.66. The number of carboxylic acid groups (broad SMARTS) is 1. The summed E-state index contributed by atoms with van der Waals surface area (Å²) >= 11 is 0. The van der Waals surface area contributed by atoms with Crippen LogP contribution in [0.1, 0.15) is 32.6 Å². The van der Waals surface area contributed by atoms with Crippen LogP contribution < -0.4 is 4.90 Å². The molecule has 98 valence electrons. The number of carboxylic acids is 1. The zero-order valence-corrected chi connectivity index (χ0v) is 10.9. The van der Waals surface area contributed by atoms with E-state index in [1.165, 1.54) is 12.8 Å². The van der Waals surface area contributed by atoms with E-state index in [-0.39, 0.29) is 6.54 Å². The molecular formula is C15H21NO2. The Kier molecular flexibility index (Phi) is 4.24. The molecule has 18 heavy (non-hydrogen) atoms. The number of anilines is 1. The Bertz CT molecular complexity index is 383. The second-order valence-corrected chi connectivity index (χ2v) is 5.27. The molecule has 0 atom stereocenters. The summed E-state index contributed by atoms with van der Waals surface area (Å²) in [6, 6.07) is 10.3. The number of carbonyl (C=O) groups is 1. The van der Waals surface area contributed by atoms with Gasteiger partial charge in [-0.15, -0.1) is 0 Å². The highest BCUT2D eigenvalue weighted by molar-refractivity contribution is 5.74. The highest BCUT2D eigenvalue weighted by Gasteiger charge is 2.25. The minimum absolute atomic E-state index is 0.100. The van der Waals surface area contributed by atoms with Crippen LogP contribution in [0.2, 0.25) is 0 Å². The number of rotatable bonds is 4. The molecule has 0 heterocycles. The fraction of sp³-hybridized carbons (Fsp3) is 0.533. The summed E-state index contributed by atoms with van der Waals surface area (Å²) in [6.07, 6.45) is 4.61. The molecular weight excluding hydrogens is 226 g/mol. The first kappa shape index (κ1) is 12.9. The fourth-order valence-corrected chi connectivity index (χ4v) is 2.75. The fourth-order valence-electron chi connectivity index (χ4n) is 2.75. The van der Waals surface area contributed by atoms with Crippen LogP contribution in [0.15, 0.2) is 30.3 Å². The molecule has 1 aromatic rings. The number of aliphatic carboxylic acids is 1. The molecule has 1 N–H and O–H groups in total. The van der Waals surface area contributed by atoms with Gasteiger partial charge in [-0.2, -0.15) is 0 Å². The molecule has 1 fully saturated rings. The zero-order chi connectivity index (χ0) is 13.0. The van der Waals surface area contributed by atoms with Gasteiger partial charge in [0.1, 0.15) is 6.54 Å². The van der Waals surface area contributed by atoms with Gasteiger partial charge in [0.15, 0.2) is 0 Å². The van der Waals surface area contributed by atoms with Gasteiger partial charge < -0.3 is 10.0 Å². The van der Waals surface area contributed by atoms with Crippen LogP contribution in [-0.2, 0) is 4.79 Å². The van der Waals surface area contributed by atoms with E-state index < -0.39 is 5.97 Å². The van der Waals surface area contributed by atoms with Crippen molar-refractivity contribution in [3.63, 3.8) is 0 Å². The lowest BCUT2D eigenvalue weighted by molar-refractivity contribution is -0.135. The van der Waals surface area contributed by atoms with Gasteiger partial charge in [0, 0.05) is 11.7 Å². The largest absolute Gasteiger partial charge is 0.480 e. The van der Waals surface area contributed by atoms with Crippen molar-refractivity contribution in [3.8, 4) is 0 Å². The van der Waals surface area contributed by atoms with Crippen LogP contribution in [-0.4, -0.2) is 23.7 Å². The van der Waals surface area contributed by atoms with Crippen LogP contribution in [0, 0.1) is 5.92 Å². The third-order valence-electron chi connectivity index (χ3n) is 3.82. The van der Waals surface area contributed by atoms with Gasteiger partial charge in [-0.05, 0) is 43.7 Å². The summed E-state index contributed by atoms with van der Waals surface area (Å²) in [5, 5.41) is 9.09. The molecule has 1 saturated carbocycles. The van der Waals surface area contributed by atoms with Crippen molar-refractivity contribution < 1.29 is 9.90 Å². The van der Waals surface area contributed by atoms with Crippen molar-refractivity contribution in [1.82, 2.24) is 0 Å². The van der Waals surface area contributed by atoms with Crippen LogP contribution in [0.3, 0.4) is 0 Å². The average Bonchev–Trinajstić information content (AvgIpc) is 2.38. The quantitative estimate of drug-likeness (QED) is 0.888. The molecule has 1 aliphatic carbocycles. The van der Waals surface area contributed by atoms with E-state index in [2.05, 4.69) is 6.92 Å². The highest BCUT2D eigenvalue weighted by Crippen LogP contribution is 2.30. The molecule has 0 aliphatic heterocycles. The van der Waals surface area contributed by atoms with Gasteiger partial charge in [0.2, 0.25) is 0 Å². The van der Waals surface area contributed by atoms with E-state index in [1.807, 2.05) is 35.2 Å². The predicted octanol–water partition coefficient (Wildman–Crippen LogP) is 3.16. The van der Waals surface area contributed by atoms with Crippen LogP contribution >= 0.6 is 0 Å². The highest BCUT2D eigenvalue weighted by atomic mass is 16.4. The Morgan fingerprint density at radius 3 is 2.39 bits per heavy atom. The van der Waals surface area contributed by atoms with Crippen molar-refractivity contribution in [2.45, 2.75) is 38.6 Å². The lowest BCUT2D eigenvalue weighted by atomic mass is 9.86. The number of nitrogens with zero attached hydrogens (tertiary/aromatic N) is 1. The molecule has 1 aromatic carbocycles. The molecule has 0 saturated heterocycles. The van der Waals surface area contributed by atoms with E-state index >= 15 is 0 Å². The molecule has 0 spiro atoms. The SMILES string of the molecule is CC1CCC(N(CC(=O)O)c2ccccc2)CC1. The second-order valence-electron chi connectivity index (χ2n) is 5.27. The van der Waals surface area contributed by atoms with Crippen molar-refractivity contribution >= 4 is 11.7 Å². The first-order valence-electron chi connectivity index (χ1n) is 6.70. The summed E-state index contributed by atoms with van der Waals surface area (Å²) < 4.78 is 0. The molecule has 3 nitrogen and oxygen atoms in total. The standard InChI is InChI=1S/C15H21NO2/c1-12-7-9-14(10-8-12)16(11-15(17)18)13-5-3-2-4-6-13/h2-6,12,14H,7-11H2,1H3,(H,17,18). The Labute approximate surface area is 108 Å². The molecule has 0 aromatic heterocycles. The van der Waals surface area contributed by atoms with E-state index in [1.54, 1.807) is 0 Å². The van der Waals surface area contributed by atoms with Crippen molar-refractivity contribution in [3.05, 3.63) is 30.3 Å². The molecule has 0 radical (unpaired) electrons. The summed E-state index contributed by atoms with van der Waals surface area (Å²) in [5.41, 5.74) is 1.03. The van der Waals surface area contributed by atoms with Gasteiger partial charge >= 0.3 is 5.97 Å². The molecule has 0 bridgehead atoms. The molecule has 0 unspecified atom stereocenters. The molecule has 0 amide bonds. The normalized spacial score (nSPS) is 23.6. The molecule has 2 rings (SSSR count). The number of hydrogen-bond donors (Lipinski definition) is 1. The lowest BCUT2D eigenvalue weighted by Gasteiger charge is -2.36. The van der Waals surface area contributed by atoms with Crippen molar-refractivity contribution in [2.75, 3.05) is 11.4 Å². The third kappa shape index (κ3) is 3.25. The topological polar surface area (TPSA) is 40.5 Å². The second kappa shape index (κ2) is 5.89. The Morgan fingerprint density at radius 1 is 1.22 bits per heavy atom. The number of benzene rings is 1. The molecule has 3 heteroatoms. The zero-order valence-electron chi connectivity index (χ0n) is 10.9. The Morgan fingerprint density at radius 2 is 1.83 bits per heavy atom. The minimum Gasteiger partial charge on any atom is -0.480 e. The van der Waals surface area contributed by atoms with Crippen molar-refractivity contribution in [2.24, 2.45) is 5.92 Å². The van der Waals surface area contributed by atoms with E-state index in [9.17, 15) is 4.79 Å². The van der Waals surface area contributed by atoms with E-state index in [0.29, 0.717) is 6.04 Å². The summed E-state index contributed by atoms with van der Waals surface area (Å²) in [6.45, 7) is 2.38. The Hall–Kier alpha value is -1.51. The maximum Gasteiger partial charge on any atom is 0.323 e. The van der Waals surface area contributed by atoms with Crippen LogP contribution in [0.25, 0.3) is 0 Å². The predicted molar refractivity (Wildman–Crippen MR) is 72.8 cm³/mol. The van der Waals surface area contributed by atoms with Crippen LogP contribution in [0.5, 0.6) is 0 Å². The van der Waals surface area contributed by atoms with Crippen molar-refractivity contribution in [1.29, 1.82) is 0 Å². The van der Waals surface area contributed by atoms with E-state index in [0.717, 1.165) is 24.4 Å². The van der Waals surface area contributed by atoms with Gasteiger partial charge in [-0.1, -0.05) is 25.1 Å². The number of hydrogen-bond acceptors (Lipinski definition) is 2. The maximum atomic E-state index is 11.0. The third-order valence-corrected chi connectivity index (χ3v) is 3.82. The monoisotopic (exact) mass is 247 g/mol.